The summed E-state index contributed by atoms with van der Waals surface area (Å²) in [6.07, 6.45) is 7.19. The van der Waals surface area contributed by atoms with Crippen LogP contribution in [0.25, 0.3) is 0 Å². The highest BCUT2D eigenvalue weighted by atomic mass is 28.4. The highest BCUT2D eigenvalue weighted by molar-refractivity contribution is 6.74. The molecule has 8 rings (SSSR count). The van der Waals surface area contributed by atoms with Crippen LogP contribution in [0.5, 0.6) is 11.8 Å². The molecule has 0 saturated heterocycles. The van der Waals surface area contributed by atoms with Crippen molar-refractivity contribution in [2.75, 3.05) is 28.2 Å². The minimum Gasteiger partial charge on any atom is -0.470 e. The molecular weight excluding hydrogens is 809 g/mol. The van der Waals surface area contributed by atoms with Gasteiger partial charge in [-0.2, -0.15) is 0 Å². The van der Waals surface area contributed by atoms with E-state index >= 15 is 0 Å². The second kappa shape index (κ2) is 17.4. The first-order valence-electron chi connectivity index (χ1n) is 20.4. The molecule has 4 aliphatic rings. The number of aromatic nitrogens is 2. The molecule has 0 saturated carbocycles. The topological polar surface area (TPSA) is 175 Å². The molecule has 0 amide bonds. The molecule has 0 aliphatic heterocycles. The van der Waals surface area contributed by atoms with E-state index < -0.39 is 54.7 Å². The molecule has 0 radical (unpaired) electrons. The van der Waals surface area contributed by atoms with Crippen molar-refractivity contribution in [2.45, 2.75) is 95.7 Å². The molecule has 4 aliphatic carbocycles. The Morgan fingerprint density at radius 3 is 1.61 bits per heavy atom. The van der Waals surface area contributed by atoms with Crippen molar-refractivity contribution >= 4 is 31.5 Å². The lowest BCUT2D eigenvalue weighted by atomic mass is 9.65. The molecular formula is C47H58N4O10Si. The molecule has 6 atom stereocenters. The molecule has 0 fully saturated rings. The number of carbonyl (C=O) groups excluding carboxylic acids is 4. The number of ether oxygens (including phenoxy) is 2. The van der Waals surface area contributed by atoms with Gasteiger partial charge in [0.05, 0.1) is 12.1 Å². The molecule has 4 aromatic rings. The first-order valence-corrected chi connectivity index (χ1v) is 23.3. The number of Topliss-reactive ketones (excluding diaryl/α,β-unsaturated/α-hetero) is 2. The summed E-state index contributed by atoms with van der Waals surface area (Å²) in [6.45, 7) is 10.9. The molecule has 14 nitrogen and oxygen atoms in total. The van der Waals surface area contributed by atoms with E-state index in [1.165, 1.54) is 12.2 Å². The summed E-state index contributed by atoms with van der Waals surface area (Å²) in [7, 11) is 4.91. The lowest BCUT2D eigenvalue weighted by molar-refractivity contribution is -0.137. The van der Waals surface area contributed by atoms with Gasteiger partial charge in [-0.05, 0) is 92.8 Å². The van der Waals surface area contributed by atoms with Crippen molar-refractivity contribution < 1.29 is 47.2 Å². The quantitative estimate of drug-likeness (QED) is 0.122. The third-order valence-corrected chi connectivity index (χ3v) is 17.1. The van der Waals surface area contributed by atoms with Gasteiger partial charge < -0.3 is 28.1 Å². The van der Waals surface area contributed by atoms with Crippen LogP contribution >= 0.6 is 0 Å². The Bertz CT molecular complexity index is 2360. The number of carbonyl (C=O) groups is 4. The number of fused-ring (bicyclic) bond motifs is 4. The maximum atomic E-state index is 14.3. The number of aliphatic hydroxyl groups is 1. The second-order valence-electron chi connectivity index (χ2n) is 18.1. The Kier molecular flexibility index (Phi) is 13.0. The third-order valence-electron chi connectivity index (χ3n) is 12.7. The lowest BCUT2D eigenvalue weighted by Crippen LogP contribution is -2.65. The standard InChI is InChI=1S/C26H34N2O5Si.C20H20N2O5.CH4/c1-25(2,3)34(6,7)33-26-18(14-11-15-19(26)29)21(28(4)5)22-20(23(26)30)24(27-32-22)31-16-17-12-9-8-10-13-17;1-22(2)16-13-9-6-10-14(23)20(13,25)18(24)15-17(16)27-21-19(15)26-11-12-7-4-3-5-8-12;/h8-13,15,18,21H,14,16H2,1-7H3;3-8,10,13,16,25H,9,11H2,1-2H3;1H4/t18-,21-,26-;13-,16-,20-;/m00./s1. The van der Waals surface area contributed by atoms with Crippen LogP contribution in [0.3, 0.4) is 0 Å². The molecule has 2 aromatic carbocycles. The van der Waals surface area contributed by atoms with Gasteiger partial charge in [-0.15, -0.1) is 0 Å². The van der Waals surface area contributed by atoms with Crippen LogP contribution < -0.4 is 9.47 Å². The summed E-state index contributed by atoms with van der Waals surface area (Å²) in [5, 5.41) is 19.0. The third kappa shape index (κ3) is 7.85. The minimum atomic E-state index is -2.53. The zero-order valence-electron chi connectivity index (χ0n) is 36.1. The van der Waals surface area contributed by atoms with E-state index in [9.17, 15) is 24.3 Å². The van der Waals surface area contributed by atoms with Crippen molar-refractivity contribution in [3.63, 3.8) is 0 Å². The summed E-state index contributed by atoms with van der Waals surface area (Å²) in [5.41, 5.74) is -1.66. The van der Waals surface area contributed by atoms with Gasteiger partial charge in [0.25, 0.3) is 11.8 Å². The molecule has 0 spiro atoms. The maximum Gasteiger partial charge on any atom is 0.265 e. The largest absolute Gasteiger partial charge is 0.470 e. The predicted molar refractivity (Wildman–Crippen MR) is 233 cm³/mol. The van der Waals surface area contributed by atoms with Crippen LogP contribution in [-0.4, -0.2) is 96.1 Å². The first-order chi connectivity index (χ1) is 28.8. The van der Waals surface area contributed by atoms with Crippen molar-refractivity contribution in [2.24, 2.45) is 11.8 Å². The van der Waals surface area contributed by atoms with Crippen molar-refractivity contribution in [3.8, 4) is 11.8 Å². The highest BCUT2D eigenvalue weighted by Crippen LogP contribution is 2.54. The Morgan fingerprint density at radius 1 is 0.710 bits per heavy atom. The fourth-order valence-electron chi connectivity index (χ4n) is 8.57. The van der Waals surface area contributed by atoms with E-state index in [0.29, 0.717) is 24.4 Å². The molecule has 15 heteroatoms. The first kappa shape index (κ1) is 46.2. The van der Waals surface area contributed by atoms with Crippen molar-refractivity contribution in [1.82, 2.24) is 20.1 Å². The molecule has 62 heavy (non-hydrogen) atoms. The van der Waals surface area contributed by atoms with Crippen molar-refractivity contribution in [3.05, 3.63) is 119 Å². The van der Waals surface area contributed by atoms with Gasteiger partial charge in [0, 0.05) is 11.8 Å². The van der Waals surface area contributed by atoms with Gasteiger partial charge in [-0.1, -0.05) is 101 Å². The summed E-state index contributed by atoms with van der Waals surface area (Å²) in [5.74, 6) is -2.25. The SMILES string of the molecule is C.CN(C)[C@@H]1c2onc(OCc3ccccc3)c2C(=O)[C@@]2(O)C(=O)C=CC[C@@H]12.CN(C)[C@@H]1c2onc(OCc3ccccc3)c2C(=O)[C@@]2(O[Si](C)(C)C(C)(C)C)C(=O)C=CC[C@@H]12. The predicted octanol–water partition coefficient (Wildman–Crippen LogP) is 7.52. The lowest BCUT2D eigenvalue weighted by Gasteiger charge is -2.51. The monoisotopic (exact) mass is 866 g/mol. The van der Waals surface area contributed by atoms with Gasteiger partial charge in [-0.3, -0.25) is 29.0 Å². The number of rotatable bonds is 10. The van der Waals surface area contributed by atoms with Crippen LogP contribution in [0.2, 0.25) is 18.1 Å². The van der Waals surface area contributed by atoms with Crippen LogP contribution in [0.4, 0.5) is 0 Å². The minimum absolute atomic E-state index is 0. The summed E-state index contributed by atoms with van der Waals surface area (Å²) in [4.78, 5) is 57.3. The van der Waals surface area contributed by atoms with Crippen LogP contribution in [0, 0.1) is 11.8 Å². The normalized spacial score (nSPS) is 25.3. The smallest absolute Gasteiger partial charge is 0.265 e. The Morgan fingerprint density at radius 2 is 1.15 bits per heavy atom. The fraction of sp³-hybridized carbons (Fsp3) is 0.447. The van der Waals surface area contributed by atoms with Crippen molar-refractivity contribution in [1.29, 1.82) is 0 Å². The van der Waals surface area contributed by atoms with Crippen LogP contribution in [0.15, 0.2) is 94.0 Å². The van der Waals surface area contributed by atoms with Gasteiger partial charge in [-0.25, -0.2) is 0 Å². The summed E-state index contributed by atoms with van der Waals surface area (Å²) in [6, 6.07) is 18.2. The van der Waals surface area contributed by atoms with Gasteiger partial charge in [0.1, 0.15) is 24.3 Å². The number of hydrogen-bond donors (Lipinski definition) is 1. The van der Waals surface area contributed by atoms with E-state index in [0.717, 1.165) is 11.1 Å². The Hall–Kier alpha value is -5.32. The van der Waals surface area contributed by atoms with E-state index in [1.807, 2.05) is 90.6 Å². The molecule has 330 valence electrons. The van der Waals surface area contributed by atoms with Gasteiger partial charge in [0.2, 0.25) is 11.6 Å². The molecule has 1 N–H and O–H groups in total. The number of hydrogen-bond acceptors (Lipinski definition) is 14. The van der Waals surface area contributed by atoms with Crippen LogP contribution in [0.1, 0.15) is 96.5 Å². The van der Waals surface area contributed by atoms with Gasteiger partial charge >= 0.3 is 0 Å². The fourth-order valence-corrected chi connectivity index (χ4v) is 10.0. The summed E-state index contributed by atoms with van der Waals surface area (Å²) < 4.78 is 29.7. The van der Waals surface area contributed by atoms with Gasteiger partial charge in [0.15, 0.2) is 42.6 Å². The zero-order valence-corrected chi connectivity index (χ0v) is 37.1. The average Bonchev–Trinajstić information content (AvgIpc) is 3.83. The van der Waals surface area contributed by atoms with E-state index in [-0.39, 0.29) is 60.4 Å². The van der Waals surface area contributed by atoms with Crippen LogP contribution in [-0.2, 0) is 27.2 Å². The molecule has 2 aromatic heterocycles. The number of benzene rings is 2. The van der Waals surface area contributed by atoms with E-state index in [1.54, 1.807) is 20.2 Å². The Labute approximate surface area is 364 Å². The van der Waals surface area contributed by atoms with E-state index in [4.69, 9.17) is 22.9 Å². The molecule has 2 heterocycles. The summed E-state index contributed by atoms with van der Waals surface area (Å²) >= 11 is 0. The Balaban J connectivity index is 0.000000209. The maximum absolute atomic E-state index is 14.3. The second-order valence-corrected chi connectivity index (χ2v) is 22.8. The highest BCUT2D eigenvalue weighted by Gasteiger charge is 2.65. The van der Waals surface area contributed by atoms with E-state index in [2.05, 4.69) is 44.2 Å². The molecule has 0 unspecified atom stereocenters. The number of allylic oxidation sites excluding steroid dienone is 2. The number of ketones is 4. The number of nitrogens with zero attached hydrogens (tertiary/aromatic N) is 4. The average molecular weight is 867 g/mol. The molecule has 0 bridgehead atoms. The zero-order chi connectivity index (χ0) is 44.1.